The fourth-order valence-electron chi connectivity index (χ4n) is 1.42. The van der Waals surface area contributed by atoms with Gasteiger partial charge in [-0.1, -0.05) is 0 Å². The number of carbonyl (C=O) groups is 1. The molecule has 0 saturated carbocycles. The van der Waals surface area contributed by atoms with Gasteiger partial charge < -0.3 is 9.32 Å². The molecule has 0 atom stereocenters. The fraction of sp³-hybridized carbons (Fsp3) is 0.273. The van der Waals surface area contributed by atoms with Crippen LogP contribution in [0.25, 0.3) is 0 Å². The third-order valence-electron chi connectivity index (χ3n) is 2.31. The smallest absolute Gasteiger partial charge is 0.265 e. The van der Waals surface area contributed by atoms with Crippen LogP contribution >= 0.6 is 27.3 Å². The summed E-state index contributed by atoms with van der Waals surface area (Å²) in [7, 11) is 1.75. The van der Waals surface area contributed by atoms with Crippen molar-refractivity contribution >= 4 is 33.2 Å². The molecule has 0 N–H and O–H groups in total. The normalized spacial score (nSPS) is 10.5. The van der Waals surface area contributed by atoms with E-state index in [1.165, 1.54) is 11.3 Å². The number of aromatic nitrogens is 1. The van der Waals surface area contributed by atoms with Crippen molar-refractivity contribution in [3.63, 3.8) is 0 Å². The van der Waals surface area contributed by atoms with Crippen LogP contribution in [0.2, 0.25) is 0 Å². The zero-order valence-corrected chi connectivity index (χ0v) is 11.8. The predicted octanol–water partition coefficient (Wildman–Crippen LogP) is 3.08. The Morgan fingerprint density at radius 1 is 1.59 bits per heavy atom. The van der Waals surface area contributed by atoms with Gasteiger partial charge in [-0.05, 0) is 35.0 Å². The molecule has 4 nitrogen and oxygen atoms in total. The second kappa shape index (κ2) is 5.01. The van der Waals surface area contributed by atoms with Crippen molar-refractivity contribution in [2.45, 2.75) is 13.5 Å². The van der Waals surface area contributed by atoms with Crippen LogP contribution in [-0.4, -0.2) is 22.8 Å². The van der Waals surface area contributed by atoms with E-state index in [0.29, 0.717) is 16.1 Å². The average Bonchev–Trinajstić information content (AvgIpc) is 2.86. The molecule has 0 aromatic carbocycles. The first-order chi connectivity index (χ1) is 8.08. The van der Waals surface area contributed by atoms with Crippen molar-refractivity contribution in [1.82, 2.24) is 9.88 Å². The van der Waals surface area contributed by atoms with Crippen molar-refractivity contribution in [2.75, 3.05) is 7.05 Å². The number of nitrogens with zero attached hydrogens (tertiary/aromatic N) is 2. The van der Waals surface area contributed by atoms with Crippen LogP contribution in [0.1, 0.15) is 21.1 Å². The number of rotatable bonds is 3. The molecule has 2 aromatic rings. The van der Waals surface area contributed by atoms with Crippen molar-refractivity contribution in [3.05, 3.63) is 38.6 Å². The summed E-state index contributed by atoms with van der Waals surface area (Å²) >= 11 is 4.59. The van der Waals surface area contributed by atoms with Gasteiger partial charge >= 0.3 is 0 Å². The van der Waals surface area contributed by atoms with E-state index in [0.717, 1.165) is 11.5 Å². The Morgan fingerprint density at radius 3 is 2.88 bits per heavy atom. The molecule has 0 radical (unpaired) electrons. The topological polar surface area (TPSA) is 46.3 Å². The van der Waals surface area contributed by atoms with Crippen LogP contribution in [0.5, 0.6) is 0 Å². The zero-order valence-electron chi connectivity index (χ0n) is 9.44. The van der Waals surface area contributed by atoms with E-state index in [1.807, 2.05) is 19.1 Å². The minimum atomic E-state index is -0.0301. The van der Waals surface area contributed by atoms with Gasteiger partial charge in [0.15, 0.2) is 4.67 Å². The van der Waals surface area contributed by atoms with E-state index in [2.05, 4.69) is 20.9 Å². The molecular weight excluding hydrogens is 304 g/mol. The molecular formula is C11H11BrN2O2S. The lowest BCUT2D eigenvalue weighted by molar-refractivity contribution is 0.0779. The Balaban J connectivity index is 2.08. The molecule has 0 aliphatic heterocycles. The Morgan fingerprint density at radius 2 is 2.35 bits per heavy atom. The molecule has 1 amide bonds. The summed E-state index contributed by atoms with van der Waals surface area (Å²) in [6.07, 6.45) is 0. The van der Waals surface area contributed by atoms with Crippen LogP contribution in [0, 0.1) is 6.92 Å². The Bertz CT molecular complexity index is 535. The number of aryl methyl sites for hydroxylation is 1. The second-order valence-corrected chi connectivity index (χ2v) is 5.27. The maximum atomic E-state index is 12.1. The van der Waals surface area contributed by atoms with Crippen molar-refractivity contribution in [3.8, 4) is 0 Å². The molecule has 2 rings (SSSR count). The highest BCUT2D eigenvalue weighted by atomic mass is 79.9. The van der Waals surface area contributed by atoms with Crippen LogP contribution < -0.4 is 0 Å². The Labute approximate surface area is 111 Å². The molecule has 0 bridgehead atoms. The highest BCUT2D eigenvalue weighted by molar-refractivity contribution is 9.10. The molecule has 0 fully saturated rings. The lowest BCUT2D eigenvalue weighted by Gasteiger charge is -2.14. The summed E-state index contributed by atoms with van der Waals surface area (Å²) in [5.41, 5.74) is 2.45. The minimum Gasteiger partial charge on any atom is -0.452 e. The molecule has 90 valence electrons. The summed E-state index contributed by atoms with van der Waals surface area (Å²) < 4.78 is 6.03. The van der Waals surface area contributed by atoms with E-state index in [9.17, 15) is 4.79 Å². The lowest BCUT2D eigenvalue weighted by atomic mass is 10.3. The van der Waals surface area contributed by atoms with Gasteiger partial charge in [-0.15, -0.1) is 11.3 Å². The fourth-order valence-corrected chi connectivity index (χ4v) is 2.56. The van der Waals surface area contributed by atoms with Crippen molar-refractivity contribution in [1.29, 1.82) is 0 Å². The quantitative estimate of drug-likeness (QED) is 0.874. The standard InChI is InChI=1S/C11H11BrN2O2S/c1-7-10(17-6-13-7)11(15)14(2)5-8-3-4-9(12)16-8/h3-4,6H,5H2,1-2H3. The molecule has 0 saturated heterocycles. The van der Waals surface area contributed by atoms with Gasteiger partial charge in [-0.3, -0.25) is 4.79 Å². The highest BCUT2D eigenvalue weighted by Gasteiger charge is 2.17. The number of halogens is 1. The minimum absolute atomic E-state index is 0.0301. The van der Waals surface area contributed by atoms with Crippen LogP contribution in [0.15, 0.2) is 26.7 Å². The SMILES string of the molecule is Cc1ncsc1C(=O)N(C)Cc1ccc(Br)o1. The molecule has 6 heteroatoms. The Kier molecular flexibility index (Phi) is 3.63. The van der Waals surface area contributed by atoms with Gasteiger partial charge in [-0.2, -0.15) is 0 Å². The van der Waals surface area contributed by atoms with E-state index in [1.54, 1.807) is 17.5 Å². The van der Waals surface area contributed by atoms with Crippen LogP contribution in [0.3, 0.4) is 0 Å². The van der Waals surface area contributed by atoms with Gasteiger partial charge in [0.2, 0.25) is 0 Å². The highest BCUT2D eigenvalue weighted by Crippen LogP contribution is 2.18. The van der Waals surface area contributed by atoms with Gasteiger partial charge in [0.25, 0.3) is 5.91 Å². The number of hydrogen-bond donors (Lipinski definition) is 0. The first-order valence-corrected chi connectivity index (χ1v) is 6.65. The number of carbonyl (C=O) groups excluding carboxylic acids is 1. The summed E-state index contributed by atoms with van der Waals surface area (Å²) in [4.78, 5) is 18.4. The second-order valence-electron chi connectivity index (χ2n) is 3.63. The average molecular weight is 315 g/mol. The predicted molar refractivity (Wildman–Crippen MR) is 69.1 cm³/mol. The Hall–Kier alpha value is -1.14. The largest absolute Gasteiger partial charge is 0.452 e. The van der Waals surface area contributed by atoms with Gasteiger partial charge in [0.1, 0.15) is 10.6 Å². The number of furan rings is 1. The van der Waals surface area contributed by atoms with Gasteiger partial charge in [-0.25, -0.2) is 4.98 Å². The maximum absolute atomic E-state index is 12.1. The van der Waals surface area contributed by atoms with E-state index in [-0.39, 0.29) is 5.91 Å². The molecule has 17 heavy (non-hydrogen) atoms. The van der Waals surface area contributed by atoms with Crippen molar-refractivity contribution in [2.24, 2.45) is 0 Å². The van der Waals surface area contributed by atoms with Crippen molar-refractivity contribution < 1.29 is 9.21 Å². The monoisotopic (exact) mass is 314 g/mol. The number of thiazole rings is 1. The molecule has 0 spiro atoms. The molecule has 2 aromatic heterocycles. The van der Waals surface area contributed by atoms with Gasteiger partial charge in [0, 0.05) is 7.05 Å². The number of amides is 1. The summed E-state index contributed by atoms with van der Waals surface area (Å²) in [6.45, 7) is 2.28. The van der Waals surface area contributed by atoms with Crippen LogP contribution in [0.4, 0.5) is 0 Å². The molecule has 2 heterocycles. The molecule has 0 aliphatic rings. The summed E-state index contributed by atoms with van der Waals surface area (Å²) in [6, 6.07) is 3.65. The molecule has 0 aliphatic carbocycles. The lowest BCUT2D eigenvalue weighted by Crippen LogP contribution is -2.25. The van der Waals surface area contributed by atoms with Gasteiger partial charge in [0.05, 0.1) is 17.7 Å². The third kappa shape index (κ3) is 2.76. The summed E-state index contributed by atoms with van der Waals surface area (Å²) in [5, 5.41) is 0. The number of hydrogen-bond acceptors (Lipinski definition) is 4. The van der Waals surface area contributed by atoms with E-state index >= 15 is 0 Å². The summed E-state index contributed by atoms with van der Waals surface area (Å²) in [5.74, 6) is 0.715. The maximum Gasteiger partial charge on any atom is 0.265 e. The first kappa shape index (κ1) is 12.3. The van der Waals surface area contributed by atoms with E-state index < -0.39 is 0 Å². The molecule has 0 unspecified atom stereocenters. The first-order valence-electron chi connectivity index (χ1n) is 4.97. The van der Waals surface area contributed by atoms with Crippen LogP contribution in [-0.2, 0) is 6.54 Å². The third-order valence-corrected chi connectivity index (χ3v) is 3.65. The van der Waals surface area contributed by atoms with E-state index in [4.69, 9.17) is 4.42 Å². The zero-order chi connectivity index (χ0) is 12.4.